The van der Waals surface area contributed by atoms with Crippen LogP contribution in [-0.2, 0) is 30.8 Å². The Bertz CT molecular complexity index is 1480. The van der Waals surface area contributed by atoms with Gasteiger partial charge in [0.15, 0.2) is 0 Å². The normalized spacial score (nSPS) is 18.8. The summed E-state index contributed by atoms with van der Waals surface area (Å²) in [6.45, 7) is 14.5. The number of halogens is 3. The molecule has 1 saturated heterocycles. The van der Waals surface area contributed by atoms with E-state index in [1.54, 1.807) is 32.9 Å². The number of nitrogens with zero attached hydrogens (tertiary/aromatic N) is 2. The number of amides is 5. The molecule has 0 saturated carbocycles. The lowest BCUT2D eigenvalue weighted by Crippen LogP contribution is -2.62. The van der Waals surface area contributed by atoms with E-state index in [-0.39, 0.29) is 37.9 Å². The highest BCUT2D eigenvalue weighted by atomic mass is 32.2. The van der Waals surface area contributed by atoms with E-state index in [1.807, 2.05) is 34.6 Å². The molecule has 0 bridgehead atoms. The molecule has 0 aromatic heterocycles. The minimum atomic E-state index is -3.55. The lowest BCUT2D eigenvalue weighted by molar-refractivity contribution is -0.144. The maximum absolute atomic E-state index is 14.3. The van der Waals surface area contributed by atoms with Crippen LogP contribution in [0.3, 0.4) is 0 Å². The highest BCUT2D eigenvalue weighted by Gasteiger charge is 2.48. The molecule has 1 aromatic rings. The lowest BCUT2D eigenvalue weighted by atomic mass is 9.84. The maximum Gasteiger partial charge on any atom is 0.315 e. The number of likely N-dealkylation sites (N-methyl/N-ethyl adjacent to an activating group) is 1. The number of nitrogens with one attached hydrogen (secondary N) is 4. The van der Waals surface area contributed by atoms with Crippen LogP contribution < -0.4 is 21.3 Å². The van der Waals surface area contributed by atoms with Gasteiger partial charge in [0.1, 0.15) is 23.9 Å². The first kappa shape index (κ1) is 43.8. The Balaban J connectivity index is 2.30. The second-order valence-electron chi connectivity index (χ2n) is 15.9. The summed E-state index contributed by atoms with van der Waals surface area (Å²) in [6, 6.07) is 0.722. The molecule has 4 N–H and O–H groups in total. The number of carbonyl (C=O) groups is 4. The first-order chi connectivity index (χ1) is 23.3. The Morgan fingerprint density at radius 1 is 0.980 bits per heavy atom. The van der Waals surface area contributed by atoms with Crippen molar-refractivity contribution >= 4 is 33.8 Å². The Kier molecular flexibility index (Phi) is 15.3. The molecule has 12 nitrogen and oxygen atoms in total. The van der Waals surface area contributed by atoms with Gasteiger partial charge in [-0.15, -0.1) is 0 Å². The third kappa shape index (κ3) is 13.0. The Hall–Kier alpha value is -3.40. The summed E-state index contributed by atoms with van der Waals surface area (Å²) in [5, 5.41) is 10.5. The monoisotopic (exact) mass is 746 g/mol. The Morgan fingerprint density at radius 3 is 2.10 bits per heavy atom. The summed E-state index contributed by atoms with van der Waals surface area (Å²) >= 11 is 0. The number of benzene rings is 1. The van der Waals surface area contributed by atoms with Crippen molar-refractivity contribution in [1.82, 2.24) is 30.5 Å². The second kappa shape index (κ2) is 17.9. The molecule has 0 spiro atoms. The number of alkyl halides is 2. The number of carbonyl (C=O) groups excluding carboxylic acids is 4. The van der Waals surface area contributed by atoms with Gasteiger partial charge in [0.05, 0.1) is 6.26 Å². The van der Waals surface area contributed by atoms with Crippen molar-refractivity contribution in [3.05, 3.63) is 35.6 Å². The number of rotatable bonds is 15. The molecule has 5 atom stereocenters. The summed E-state index contributed by atoms with van der Waals surface area (Å²) in [4.78, 5) is 56.0. The van der Waals surface area contributed by atoms with Crippen LogP contribution in [0, 0.1) is 28.5 Å². The molecule has 0 radical (unpaired) electrons. The fraction of sp³-hybridized carbons (Fsp3) is 0.714. The van der Waals surface area contributed by atoms with Crippen molar-refractivity contribution in [2.45, 2.75) is 105 Å². The van der Waals surface area contributed by atoms with Crippen LogP contribution in [0.25, 0.3) is 0 Å². The van der Waals surface area contributed by atoms with E-state index in [2.05, 4.69) is 21.3 Å². The Labute approximate surface area is 301 Å². The van der Waals surface area contributed by atoms with Crippen molar-refractivity contribution in [2.75, 3.05) is 32.9 Å². The molecule has 1 aliphatic rings. The van der Waals surface area contributed by atoms with Gasteiger partial charge in [0.2, 0.25) is 34.2 Å². The molecule has 1 aromatic carbocycles. The van der Waals surface area contributed by atoms with Gasteiger partial charge in [-0.1, -0.05) is 73.6 Å². The van der Waals surface area contributed by atoms with Crippen molar-refractivity contribution in [1.29, 1.82) is 0 Å². The van der Waals surface area contributed by atoms with E-state index in [1.165, 1.54) is 24.1 Å². The zero-order valence-corrected chi connectivity index (χ0v) is 32.3. The predicted octanol–water partition coefficient (Wildman–Crippen LogP) is 3.52. The van der Waals surface area contributed by atoms with Crippen molar-refractivity contribution in [2.24, 2.45) is 22.7 Å². The molecule has 0 aliphatic carbocycles. The van der Waals surface area contributed by atoms with Gasteiger partial charge >= 0.3 is 6.03 Å². The number of likely N-dealkylation sites (tertiary alicyclic amines) is 1. The largest absolute Gasteiger partial charge is 0.354 e. The van der Waals surface area contributed by atoms with E-state index < -0.39 is 87.4 Å². The highest BCUT2D eigenvalue weighted by molar-refractivity contribution is 7.88. The quantitative estimate of drug-likeness (QED) is 0.215. The Morgan fingerprint density at radius 2 is 1.59 bits per heavy atom. The van der Waals surface area contributed by atoms with Gasteiger partial charge in [0, 0.05) is 39.1 Å². The predicted molar refractivity (Wildman–Crippen MR) is 190 cm³/mol. The van der Waals surface area contributed by atoms with E-state index in [9.17, 15) is 40.8 Å². The molecule has 16 heteroatoms. The topological polar surface area (TPSA) is 157 Å². The van der Waals surface area contributed by atoms with Gasteiger partial charge < -0.3 is 26.2 Å². The first-order valence-corrected chi connectivity index (χ1v) is 19.1. The van der Waals surface area contributed by atoms with Crippen LogP contribution in [-0.4, -0.2) is 105 Å². The van der Waals surface area contributed by atoms with Crippen LogP contribution in [0.1, 0.15) is 73.8 Å². The summed E-state index contributed by atoms with van der Waals surface area (Å²) < 4.78 is 66.6. The molecule has 51 heavy (non-hydrogen) atoms. The lowest BCUT2D eigenvalue weighted by Gasteiger charge is -2.38. The first-order valence-electron chi connectivity index (χ1n) is 17.2. The van der Waals surface area contributed by atoms with Crippen LogP contribution in [0.4, 0.5) is 18.0 Å². The summed E-state index contributed by atoms with van der Waals surface area (Å²) in [5.41, 5.74) is -1.10. The zero-order valence-electron chi connectivity index (χ0n) is 31.5. The molecule has 1 aliphatic heterocycles. The van der Waals surface area contributed by atoms with E-state index in [0.717, 1.165) is 10.6 Å². The van der Waals surface area contributed by atoms with Gasteiger partial charge in [-0.05, 0) is 47.1 Å². The zero-order chi connectivity index (χ0) is 39.1. The standard InChI is InChI=1S/C35H57F3N6O6S/c1-21(2)23-16-18-44(28(23)31(46)40-25(19-27(37)38)30(45)39-17-15-22-13-11-12-14-24(22)36)32(47)29(35(6,7)8)42-33(48)41-26(34(3,4)5)20-43(9)51(10,49)50/h11-14,21,23,25-29H,15-20H2,1-10H3,(H,39,45)(H,40,46)(H2,41,42,48)/t23?,25-,26+,28-,29+/m0/s1. The van der Waals surface area contributed by atoms with Crippen molar-refractivity contribution in [3.8, 4) is 0 Å². The van der Waals surface area contributed by atoms with Crippen LogP contribution in [0.15, 0.2) is 24.3 Å². The average Bonchev–Trinajstić information content (AvgIpc) is 3.44. The number of sulfonamides is 1. The van der Waals surface area contributed by atoms with Crippen molar-refractivity contribution in [3.63, 3.8) is 0 Å². The van der Waals surface area contributed by atoms with E-state index in [4.69, 9.17) is 0 Å². The molecule has 1 heterocycles. The molecule has 5 amide bonds. The molecule has 1 fully saturated rings. The smallest absolute Gasteiger partial charge is 0.315 e. The summed E-state index contributed by atoms with van der Waals surface area (Å²) in [6.07, 6.45) is -2.32. The SMILES string of the molecule is CC(C)C1CCN(C(=O)[C@@H](NC(=O)N[C@H](CN(C)S(C)(=O)=O)C(C)(C)C)C(C)(C)C)[C@@H]1C(=O)N[C@@H](CC(F)F)C(=O)NCCc1ccccc1F. The third-order valence-corrected chi connectivity index (χ3v) is 10.6. The fourth-order valence-corrected chi connectivity index (χ4v) is 6.40. The van der Waals surface area contributed by atoms with Gasteiger partial charge in [-0.25, -0.2) is 30.7 Å². The van der Waals surface area contributed by atoms with Crippen molar-refractivity contribution < 1.29 is 40.8 Å². The molecule has 290 valence electrons. The minimum Gasteiger partial charge on any atom is -0.354 e. The number of hydrogen-bond donors (Lipinski definition) is 4. The second-order valence-corrected chi connectivity index (χ2v) is 18.0. The van der Waals surface area contributed by atoms with E-state index >= 15 is 0 Å². The number of urea groups is 1. The highest BCUT2D eigenvalue weighted by Crippen LogP contribution is 2.33. The van der Waals surface area contributed by atoms with Gasteiger partial charge in [-0.3, -0.25) is 14.4 Å². The van der Waals surface area contributed by atoms with Gasteiger partial charge in [0.25, 0.3) is 0 Å². The molecule has 2 rings (SSSR count). The van der Waals surface area contributed by atoms with Gasteiger partial charge in [-0.2, -0.15) is 0 Å². The molecule has 1 unspecified atom stereocenters. The maximum atomic E-state index is 14.3. The summed E-state index contributed by atoms with van der Waals surface area (Å²) in [5.74, 6) is -3.16. The number of hydrogen-bond acceptors (Lipinski definition) is 6. The molecular formula is C35H57F3N6O6S. The third-order valence-electron chi connectivity index (χ3n) is 9.30. The van der Waals surface area contributed by atoms with Crippen LogP contribution in [0.2, 0.25) is 0 Å². The average molecular weight is 747 g/mol. The van der Waals surface area contributed by atoms with E-state index in [0.29, 0.717) is 12.0 Å². The molecular weight excluding hydrogens is 689 g/mol. The summed E-state index contributed by atoms with van der Waals surface area (Å²) in [7, 11) is -2.14. The van der Waals surface area contributed by atoms with Crippen LogP contribution in [0.5, 0.6) is 0 Å². The minimum absolute atomic E-state index is 0.0230. The van der Waals surface area contributed by atoms with Crippen LogP contribution >= 0.6 is 0 Å². The fourth-order valence-electron chi connectivity index (χ4n) is 5.98.